The van der Waals surface area contributed by atoms with Gasteiger partial charge in [-0.2, -0.15) is 0 Å². The first-order valence-electron chi connectivity index (χ1n) is 6.87. The summed E-state index contributed by atoms with van der Waals surface area (Å²) in [5, 5.41) is 8.49. The van der Waals surface area contributed by atoms with Crippen molar-refractivity contribution in [2.75, 3.05) is 0 Å². The molecule has 0 atom stereocenters. The summed E-state index contributed by atoms with van der Waals surface area (Å²) in [5.41, 5.74) is 2.43. The highest BCUT2D eigenvalue weighted by Crippen LogP contribution is 2.10. The van der Waals surface area contributed by atoms with Crippen LogP contribution in [0.25, 0.3) is 0 Å². The molecule has 19 heavy (non-hydrogen) atoms. The van der Waals surface area contributed by atoms with E-state index in [0.29, 0.717) is 19.3 Å². The molecule has 3 heteroatoms. The topological polar surface area (TPSA) is 54.4 Å². The molecule has 0 bridgehead atoms. The predicted octanol–water partition coefficient (Wildman–Crippen LogP) is 3.53. The summed E-state index contributed by atoms with van der Waals surface area (Å²) in [6, 6.07) is 8.22. The number of unbranched alkanes of at least 4 members (excludes halogenated alkanes) is 2. The highest BCUT2D eigenvalue weighted by molar-refractivity contribution is 5.78. The Bertz CT molecular complexity index is 424. The molecule has 0 aliphatic heterocycles. The summed E-state index contributed by atoms with van der Waals surface area (Å²) < 4.78 is 0. The van der Waals surface area contributed by atoms with Crippen molar-refractivity contribution >= 4 is 11.8 Å². The minimum absolute atomic E-state index is 0.206. The largest absolute Gasteiger partial charge is 0.481 e. The molecular weight excluding hydrogens is 240 g/mol. The second-order valence-corrected chi connectivity index (χ2v) is 4.98. The van der Waals surface area contributed by atoms with E-state index in [0.717, 1.165) is 19.3 Å². The van der Waals surface area contributed by atoms with Crippen LogP contribution in [0.1, 0.15) is 49.7 Å². The van der Waals surface area contributed by atoms with Crippen LogP contribution in [0, 0.1) is 6.92 Å². The van der Waals surface area contributed by atoms with Gasteiger partial charge in [-0.15, -0.1) is 0 Å². The monoisotopic (exact) mass is 262 g/mol. The minimum Gasteiger partial charge on any atom is -0.481 e. The van der Waals surface area contributed by atoms with Gasteiger partial charge in [0.2, 0.25) is 0 Å². The van der Waals surface area contributed by atoms with Crippen LogP contribution in [0.15, 0.2) is 24.3 Å². The molecule has 1 aromatic rings. The molecule has 0 heterocycles. The Hall–Kier alpha value is -1.64. The summed E-state index contributed by atoms with van der Waals surface area (Å²) in [4.78, 5) is 22.0. The Balaban J connectivity index is 2.13. The molecule has 1 aromatic carbocycles. The van der Waals surface area contributed by atoms with Crippen LogP contribution in [0.5, 0.6) is 0 Å². The van der Waals surface area contributed by atoms with Crippen LogP contribution >= 0.6 is 0 Å². The van der Waals surface area contributed by atoms with E-state index in [1.165, 1.54) is 11.1 Å². The number of carboxylic acid groups (broad SMARTS) is 1. The highest BCUT2D eigenvalue weighted by atomic mass is 16.4. The zero-order valence-electron chi connectivity index (χ0n) is 11.5. The van der Waals surface area contributed by atoms with Gasteiger partial charge in [0.05, 0.1) is 0 Å². The Kier molecular flexibility index (Phi) is 6.86. The van der Waals surface area contributed by atoms with E-state index < -0.39 is 5.97 Å². The number of rotatable bonds is 9. The molecule has 0 aromatic heterocycles. The number of aliphatic carboxylic acids is 1. The average Bonchev–Trinajstić information content (AvgIpc) is 2.35. The summed E-state index contributed by atoms with van der Waals surface area (Å²) in [7, 11) is 0. The van der Waals surface area contributed by atoms with Crippen molar-refractivity contribution in [1.29, 1.82) is 0 Å². The fourth-order valence-electron chi connectivity index (χ4n) is 2.05. The zero-order chi connectivity index (χ0) is 14.1. The van der Waals surface area contributed by atoms with E-state index in [1.807, 2.05) is 25.1 Å². The average molecular weight is 262 g/mol. The first-order chi connectivity index (χ1) is 9.08. The van der Waals surface area contributed by atoms with E-state index in [2.05, 4.69) is 6.07 Å². The van der Waals surface area contributed by atoms with E-state index >= 15 is 0 Å². The van der Waals surface area contributed by atoms with Crippen molar-refractivity contribution in [3.8, 4) is 0 Å². The fourth-order valence-corrected chi connectivity index (χ4v) is 2.05. The van der Waals surface area contributed by atoms with Crippen molar-refractivity contribution in [3.05, 3.63) is 35.4 Å². The molecule has 0 fully saturated rings. The molecule has 0 unspecified atom stereocenters. The van der Waals surface area contributed by atoms with Crippen LogP contribution in [-0.4, -0.2) is 16.9 Å². The number of carbonyl (C=O) groups excluding carboxylic acids is 1. The van der Waals surface area contributed by atoms with Gasteiger partial charge >= 0.3 is 5.97 Å². The lowest BCUT2D eigenvalue weighted by Gasteiger charge is -2.03. The number of carboxylic acids is 1. The molecule has 1 rings (SSSR count). The number of benzene rings is 1. The first kappa shape index (κ1) is 15.4. The molecular formula is C16H22O3. The molecule has 0 aliphatic carbocycles. The van der Waals surface area contributed by atoms with Crippen molar-refractivity contribution in [1.82, 2.24) is 0 Å². The first-order valence-corrected chi connectivity index (χ1v) is 6.87. The standard InChI is InChI=1S/C16H22O3/c1-13-6-5-7-14(12-13)10-11-15(17)8-3-2-4-9-16(18)19/h5-7,12H,2-4,8-11H2,1H3,(H,18,19). The molecule has 0 aliphatic rings. The maximum absolute atomic E-state index is 11.7. The SMILES string of the molecule is Cc1cccc(CCC(=O)CCCCCC(=O)O)c1. The molecule has 0 saturated carbocycles. The van der Waals surface area contributed by atoms with E-state index in [-0.39, 0.29) is 12.2 Å². The smallest absolute Gasteiger partial charge is 0.303 e. The summed E-state index contributed by atoms with van der Waals surface area (Å²) in [6.07, 6.45) is 4.46. The molecule has 0 amide bonds. The van der Waals surface area contributed by atoms with Crippen molar-refractivity contribution in [3.63, 3.8) is 0 Å². The number of hydrogen-bond acceptors (Lipinski definition) is 2. The van der Waals surface area contributed by atoms with Gasteiger partial charge in [-0.3, -0.25) is 9.59 Å². The minimum atomic E-state index is -0.759. The third-order valence-corrected chi connectivity index (χ3v) is 3.12. The Morgan fingerprint density at radius 2 is 1.79 bits per heavy atom. The quantitative estimate of drug-likeness (QED) is 0.693. The lowest BCUT2D eigenvalue weighted by molar-refractivity contribution is -0.137. The van der Waals surface area contributed by atoms with Crippen molar-refractivity contribution in [2.24, 2.45) is 0 Å². The highest BCUT2D eigenvalue weighted by Gasteiger charge is 2.04. The van der Waals surface area contributed by atoms with Gasteiger partial charge in [0.1, 0.15) is 5.78 Å². The maximum atomic E-state index is 11.7. The Morgan fingerprint density at radius 1 is 1.05 bits per heavy atom. The van der Waals surface area contributed by atoms with Crippen LogP contribution in [-0.2, 0) is 16.0 Å². The summed E-state index contributed by atoms with van der Waals surface area (Å²) in [6.45, 7) is 2.05. The summed E-state index contributed by atoms with van der Waals surface area (Å²) >= 11 is 0. The molecule has 1 N–H and O–H groups in total. The zero-order valence-corrected chi connectivity index (χ0v) is 11.5. The second-order valence-electron chi connectivity index (χ2n) is 4.98. The normalized spacial score (nSPS) is 10.4. The van der Waals surface area contributed by atoms with Gasteiger partial charge in [0, 0.05) is 19.3 Å². The molecule has 0 saturated heterocycles. The number of carbonyl (C=O) groups is 2. The lowest BCUT2D eigenvalue weighted by atomic mass is 10.0. The van der Waals surface area contributed by atoms with E-state index in [4.69, 9.17) is 5.11 Å². The lowest BCUT2D eigenvalue weighted by Crippen LogP contribution is -2.01. The van der Waals surface area contributed by atoms with E-state index in [9.17, 15) is 9.59 Å². The predicted molar refractivity (Wildman–Crippen MR) is 75.2 cm³/mol. The number of Topliss-reactive ketones (excluding diaryl/α,β-unsaturated/α-hetero) is 1. The van der Waals surface area contributed by atoms with Crippen molar-refractivity contribution in [2.45, 2.75) is 51.9 Å². The molecule has 0 radical (unpaired) electrons. The number of ketones is 1. The molecule has 0 spiro atoms. The van der Waals surface area contributed by atoms with Gasteiger partial charge in [0.15, 0.2) is 0 Å². The molecule has 3 nitrogen and oxygen atoms in total. The van der Waals surface area contributed by atoms with Crippen LogP contribution < -0.4 is 0 Å². The van der Waals surface area contributed by atoms with Crippen LogP contribution in [0.4, 0.5) is 0 Å². The van der Waals surface area contributed by atoms with Crippen LogP contribution in [0.3, 0.4) is 0 Å². The third-order valence-electron chi connectivity index (χ3n) is 3.12. The van der Waals surface area contributed by atoms with Crippen molar-refractivity contribution < 1.29 is 14.7 Å². The third kappa shape index (κ3) is 7.39. The Morgan fingerprint density at radius 3 is 2.47 bits per heavy atom. The number of hydrogen-bond donors (Lipinski definition) is 1. The van der Waals surface area contributed by atoms with E-state index in [1.54, 1.807) is 0 Å². The summed E-state index contributed by atoms with van der Waals surface area (Å²) in [5.74, 6) is -0.484. The fraction of sp³-hybridized carbons (Fsp3) is 0.500. The van der Waals surface area contributed by atoms with Gasteiger partial charge in [-0.05, 0) is 31.7 Å². The van der Waals surface area contributed by atoms with Gasteiger partial charge in [-0.1, -0.05) is 36.2 Å². The second kappa shape index (κ2) is 8.46. The molecule has 104 valence electrons. The Labute approximate surface area is 114 Å². The van der Waals surface area contributed by atoms with Crippen LogP contribution in [0.2, 0.25) is 0 Å². The van der Waals surface area contributed by atoms with Gasteiger partial charge in [0.25, 0.3) is 0 Å². The maximum Gasteiger partial charge on any atom is 0.303 e. The number of aryl methyl sites for hydroxylation is 2. The van der Waals surface area contributed by atoms with Gasteiger partial charge in [-0.25, -0.2) is 0 Å². The van der Waals surface area contributed by atoms with Gasteiger partial charge < -0.3 is 5.11 Å².